The van der Waals surface area contributed by atoms with Crippen molar-refractivity contribution in [3.63, 3.8) is 0 Å². The maximum absolute atomic E-state index is 9.75. The van der Waals surface area contributed by atoms with Crippen molar-refractivity contribution in [3.8, 4) is 34.0 Å². The van der Waals surface area contributed by atoms with E-state index in [9.17, 15) is 5.11 Å². The molecule has 3 rings (SSSR count). The summed E-state index contributed by atoms with van der Waals surface area (Å²) in [6.45, 7) is 0. The van der Waals surface area contributed by atoms with E-state index in [0.717, 1.165) is 28.2 Å². The first kappa shape index (κ1) is 15.8. The molecule has 122 valence electrons. The highest BCUT2D eigenvalue weighted by molar-refractivity contribution is 5.77. The smallest absolute Gasteiger partial charge is 0.161 e. The third kappa shape index (κ3) is 3.01. The summed E-state index contributed by atoms with van der Waals surface area (Å²) in [5.74, 6) is 0.511. The Morgan fingerprint density at radius 2 is 1.75 bits per heavy atom. The molecule has 0 aliphatic heterocycles. The van der Waals surface area contributed by atoms with Crippen LogP contribution < -0.4 is 9.64 Å². The molecule has 0 saturated carbocycles. The fourth-order valence-electron chi connectivity index (χ4n) is 2.55. The van der Waals surface area contributed by atoms with Crippen molar-refractivity contribution in [3.05, 3.63) is 54.9 Å². The summed E-state index contributed by atoms with van der Waals surface area (Å²) in [6, 6.07) is 13.2. The first-order valence-corrected chi connectivity index (χ1v) is 7.56. The molecule has 1 N–H and O–H groups in total. The standard InChI is InChI=1S/C19H19N3O2/c1-22(2)17-7-5-4-6-14(17)16-12-20-11-15(21-16)13-8-9-18(23)19(10-13)24-3/h4-12,23H,1-3H3. The summed E-state index contributed by atoms with van der Waals surface area (Å²) in [5, 5.41) is 9.75. The van der Waals surface area contributed by atoms with Gasteiger partial charge in [-0.1, -0.05) is 18.2 Å². The normalized spacial score (nSPS) is 10.5. The number of ether oxygens (including phenoxy) is 1. The molecule has 0 spiro atoms. The van der Waals surface area contributed by atoms with E-state index in [1.165, 1.54) is 7.11 Å². The van der Waals surface area contributed by atoms with Crippen molar-refractivity contribution < 1.29 is 9.84 Å². The van der Waals surface area contributed by atoms with Crippen molar-refractivity contribution >= 4 is 5.69 Å². The average Bonchev–Trinajstić information content (AvgIpc) is 2.62. The SMILES string of the molecule is COc1cc(-c2cncc(-c3ccccc3N(C)C)n2)ccc1O. The lowest BCUT2D eigenvalue weighted by Crippen LogP contribution is -2.10. The van der Waals surface area contributed by atoms with E-state index in [4.69, 9.17) is 9.72 Å². The Labute approximate surface area is 141 Å². The third-order valence-corrected chi connectivity index (χ3v) is 3.77. The molecule has 0 aliphatic rings. The Hall–Kier alpha value is -3.08. The number of hydrogen-bond donors (Lipinski definition) is 1. The Kier molecular flexibility index (Phi) is 4.33. The lowest BCUT2D eigenvalue weighted by Gasteiger charge is -2.17. The van der Waals surface area contributed by atoms with Crippen LogP contribution in [0, 0.1) is 0 Å². The molecule has 0 fully saturated rings. The molecule has 0 bridgehead atoms. The molecule has 0 atom stereocenters. The highest BCUT2D eigenvalue weighted by Gasteiger charge is 2.11. The number of para-hydroxylation sites is 1. The van der Waals surface area contributed by atoms with Gasteiger partial charge >= 0.3 is 0 Å². The molecular formula is C19H19N3O2. The average molecular weight is 321 g/mol. The fraction of sp³-hybridized carbons (Fsp3) is 0.158. The van der Waals surface area contributed by atoms with Gasteiger partial charge in [0, 0.05) is 30.9 Å². The van der Waals surface area contributed by atoms with Crippen molar-refractivity contribution in [2.24, 2.45) is 0 Å². The van der Waals surface area contributed by atoms with Gasteiger partial charge in [0.2, 0.25) is 0 Å². The Morgan fingerprint density at radius 3 is 2.50 bits per heavy atom. The zero-order chi connectivity index (χ0) is 17.1. The monoisotopic (exact) mass is 321 g/mol. The van der Waals surface area contributed by atoms with E-state index in [0.29, 0.717) is 5.75 Å². The van der Waals surface area contributed by atoms with Gasteiger partial charge < -0.3 is 14.7 Å². The van der Waals surface area contributed by atoms with E-state index >= 15 is 0 Å². The highest BCUT2D eigenvalue weighted by atomic mass is 16.5. The van der Waals surface area contributed by atoms with Gasteiger partial charge in [-0.3, -0.25) is 4.98 Å². The van der Waals surface area contributed by atoms with Crippen LogP contribution in [0.15, 0.2) is 54.9 Å². The maximum Gasteiger partial charge on any atom is 0.161 e. The molecule has 5 heteroatoms. The van der Waals surface area contributed by atoms with Crippen LogP contribution in [0.2, 0.25) is 0 Å². The van der Waals surface area contributed by atoms with E-state index in [1.54, 1.807) is 30.6 Å². The number of nitrogens with zero attached hydrogens (tertiary/aromatic N) is 3. The lowest BCUT2D eigenvalue weighted by atomic mass is 10.1. The zero-order valence-corrected chi connectivity index (χ0v) is 13.9. The van der Waals surface area contributed by atoms with Crippen LogP contribution in [0.1, 0.15) is 0 Å². The van der Waals surface area contributed by atoms with Gasteiger partial charge in [0.25, 0.3) is 0 Å². The second kappa shape index (κ2) is 6.58. The predicted molar refractivity (Wildman–Crippen MR) is 95.4 cm³/mol. The number of phenols is 1. The first-order valence-electron chi connectivity index (χ1n) is 7.56. The number of phenolic OH excluding ortho intramolecular Hbond substituents is 1. The van der Waals surface area contributed by atoms with Crippen molar-refractivity contribution in [2.75, 3.05) is 26.1 Å². The minimum absolute atomic E-state index is 0.100. The molecule has 1 heterocycles. The van der Waals surface area contributed by atoms with Crippen LogP contribution in [0.4, 0.5) is 5.69 Å². The Morgan fingerprint density at radius 1 is 1.00 bits per heavy atom. The maximum atomic E-state index is 9.75. The second-order valence-corrected chi connectivity index (χ2v) is 5.59. The van der Waals surface area contributed by atoms with Crippen LogP contribution >= 0.6 is 0 Å². The number of anilines is 1. The van der Waals surface area contributed by atoms with Crippen LogP contribution in [-0.4, -0.2) is 36.3 Å². The third-order valence-electron chi connectivity index (χ3n) is 3.77. The largest absolute Gasteiger partial charge is 0.504 e. The fourth-order valence-corrected chi connectivity index (χ4v) is 2.55. The van der Waals surface area contributed by atoms with Crippen LogP contribution in [0.25, 0.3) is 22.5 Å². The summed E-state index contributed by atoms with van der Waals surface area (Å²) >= 11 is 0. The van der Waals surface area contributed by atoms with E-state index in [2.05, 4.69) is 4.98 Å². The summed E-state index contributed by atoms with van der Waals surface area (Å²) in [4.78, 5) is 11.1. The highest BCUT2D eigenvalue weighted by Crippen LogP contribution is 2.32. The molecule has 0 saturated heterocycles. The van der Waals surface area contributed by atoms with Gasteiger partial charge in [0.1, 0.15) is 0 Å². The quantitative estimate of drug-likeness (QED) is 0.796. The summed E-state index contributed by atoms with van der Waals surface area (Å²) in [7, 11) is 5.52. The summed E-state index contributed by atoms with van der Waals surface area (Å²) in [5.41, 5.74) is 4.44. The minimum atomic E-state index is 0.100. The topological polar surface area (TPSA) is 58.5 Å². The van der Waals surface area contributed by atoms with E-state index < -0.39 is 0 Å². The number of benzene rings is 2. The number of aromatic hydroxyl groups is 1. The predicted octanol–water partition coefficient (Wildman–Crippen LogP) is 3.59. The minimum Gasteiger partial charge on any atom is -0.504 e. The molecular weight excluding hydrogens is 302 g/mol. The number of hydrogen-bond acceptors (Lipinski definition) is 5. The van der Waals surface area contributed by atoms with Crippen LogP contribution in [0.5, 0.6) is 11.5 Å². The van der Waals surface area contributed by atoms with Crippen LogP contribution in [0.3, 0.4) is 0 Å². The van der Waals surface area contributed by atoms with Gasteiger partial charge in [-0.2, -0.15) is 0 Å². The van der Waals surface area contributed by atoms with Crippen LogP contribution in [-0.2, 0) is 0 Å². The Bertz CT molecular complexity index is 863. The van der Waals surface area contributed by atoms with Gasteiger partial charge in [0.15, 0.2) is 11.5 Å². The van der Waals surface area contributed by atoms with Gasteiger partial charge in [-0.15, -0.1) is 0 Å². The molecule has 24 heavy (non-hydrogen) atoms. The van der Waals surface area contributed by atoms with E-state index in [1.807, 2.05) is 43.3 Å². The van der Waals surface area contributed by atoms with Crippen molar-refractivity contribution in [1.29, 1.82) is 0 Å². The van der Waals surface area contributed by atoms with Crippen molar-refractivity contribution in [1.82, 2.24) is 9.97 Å². The Balaban J connectivity index is 2.08. The van der Waals surface area contributed by atoms with Gasteiger partial charge in [-0.05, 0) is 24.3 Å². The van der Waals surface area contributed by atoms with Gasteiger partial charge in [-0.25, -0.2) is 4.98 Å². The molecule has 5 nitrogen and oxygen atoms in total. The zero-order valence-electron chi connectivity index (χ0n) is 13.9. The summed E-state index contributed by atoms with van der Waals surface area (Å²) < 4.78 is 5.17. The molecule has 1 aromatic heterocycles. The lowest BCUT2D eigenvalue weighted by molar-refractivity contribution is 0.373. The molecule has 0 aliphatic carbocycles. The van der Waals surface area contributed by atoms with Gasteiger partial charge in [0.05, 0.1) is 30.9 Å². The molecule has 3 aromatic rings. The van der Waals surface area contributed by atoms with Crippen molar-refractivity contribution in [2.45, 2.75) is 0 Å². The second-order valence-electron chi connectivity index (χ2n) is 5.59. The van der Waals surface area contributed by atoms with E-state index in [-0.39, 0.29) is 5.75 Å². The molecule has 0 unspecified atom stereocenters. The molecule has 0 amide bonds. The number of aromatic nitrogens is 2. The molecule has 0 radical (unpaired) electrons. The number of methoxy groups -OCH3 is 1. The summed E-state index contributed by atoms with van der Waals surface area (Å²) in [6.07, 6.45) is 3.46. The molecule has 2 aromatic carbocycles. The number of rotatable bonds is 4. The first-order chi connectivity index (χ1) is 11.6.